The zero-order valence-electron chi connectivity index (χ0n) is 26.4. The first kappa shape index (κ1) is 34.2. The number of anilines is 2. The number of rotatable bonds is 6. The van der Waals surface area contributed by atoms with Crippen LogP contribution < -0.4 is 14.5 Å². The molecule has 2 aromatic carbocycles. The van der Waals surface area contributed by atoms with Crippen molar-refractivity contribution in [2.24, 2.45) is 0 Å². The van der Waals surface area contributed by atoms with Crippen LogP contribution in [0.15, 0.2) is 36.7 Å². The van der Waals surface area contributed by atoms with Gasteiger partial charge in [0.1, 0.15) is 29.8 Å². The van der Waals surface area contributed by atoms with Gasteiger partial charge in [-0.25, -0.2) is 8.78 Å². The van der Waals surface area contributed by atoms with E-state index in [1.54, 1.807) is 24.4 Å². The molecule has 0 saturated carbocycles. The average molecular weight is 913 g/mol. The molecular formula is C34H33F2I2N6O2PS. The summed E-state index contributed by atoms with van der Waals surface area (Å²) in [6.07, 6.45) is 6.46. The molecule has 8 nitrogen and oxygen atoms in total. The van der Waals surface area contributed by atoms with E-state index in [2.05, 4.69) is 88.9 Å². The fourth-order valence-corrected chi connectivity index (χ4v) is 9.37. The maximum Gasteiger partial charge on any atom is 0.318 e. The number of benzene rings is 2. The van der Waals surface area contributed by atoms with Gasteiger partial charge in [0.2, 0.25) is 0 Å². The van der Waals surface area contributed by atoms with Crippen molar-refractivity contribution in [3.8, 4) is 22.9 Å². The van der Waals surface area contributed by atoms with Crippen LogP contribution in [0, 0.1) is 22.8 Å². The molecular weight excluding hydrogens is 879 g/mol. The number of halogens is 4. The lowest BCUT2D eigenvalue weighted by Gasteiger charge is -2.39. The summed E-state index contributed by atoms with van der Waals surface area (Å²) in [5, 5.41) is 15.2. The second-order valence-electron chi connectivity index (χ2n) is 12.5. The minimum atomic E-state index is -0.398. The number of ether oxygens (including phenoxy) is 1. The highest BCUT2D eigenvalue weighted by molar-refractivity contribution is 14.3. The molecule has 48 heavy (non-hydrogen) atoms. The number of likely N-dealkylation sites (N-methyl/N-ethyl adjacent to an activating group) is 1. The van der Waals surface area contributed by atoms with Gasteiger partial charge in [0, 0.05) is 59.6 Å². The summed E-state index contributed by atoms with van der Waals surface area (Å²) in [5.74, 6) is 3.22. The summed E-state index contributed by atoms with van der Waals surface area (Å²) in [5.41, 5.74) is 4.36. The van der Waals surface area contributed by atoms with Crippen molar-refractivity contribution in [2.45, 2.75) is 57.8 Å². The average Bonchev–Trinajstić information content (AvgIpc) is 3.47. The zero-order chi connectivity index (χ0) is 33.5. The van der Waals surface area contributed by atoms with E-state index >= 15 is 4.39 Å². The van der Waals surface area contributed by atoms with Gasteiger partial charge in [-0.15, -0.1) is 0 Å². The van der Waals surface area contributed by atoms with Gasteiger partial charge in [-0.1, -0.05) is 12.0 Å². The first-order valence-electron chi connectivity index (χ1n) is 15.8. The Labute approximate surface area is 309 Å². The van der Waals surface area contributed by atoms with E-state index in [0.29, 0.717) is 72.7 Å². The summed E-state index contributed by atoms with van der Waals surface area (Å²) in [6.45, 7) is 4.98. The highest BCUT2D eigenvalue weighted by Crippen LogP contribution is 2.64. The topological polar surface area (TPSA) is 77.9 Å². The Hall–Kier alpha value is -2.25. The number of phenolic OH excluding ortho intramolecular Hbond substituents is 1. The highest BCUT2D eigenvalue weighted by atomic mass is 127. The van der Waals surface area contributed by atoms with Crippen LogP contribution in [0.1, 0.15) is 47.7 Å². The van der Waals surface area contributed by atoms with Crippen molar-refractivity contribution in [3.63, 3.8) is 0 Å². The molecule has 7 rings (SSSR count). The fraction of sp³-hybridized carbons (Fsp3) is 0.382. The summed E-state index contributed by atoms with van der Waals surface area (Å²) < 4.78 is 36.3. The van der Waals surface area contributed by atoms with Crippen molar-refractivity contribution < 1.29 is 18.6 Å². The Morgan fingerprint density at radius 1 is 1.10 bits per heavy atom. The van der Waals surface area contributed by atoms with E-state index in [9.17, 15) is 9.50 Å². The minimum Gasteiger partial charge on any atom is -0.508 e. The minimum absolute atomic E-state index is 0.0510. The van der Waals surface area contributed by atoms with Crippen LogP contribution in [0.4, 0.5) is 20.3 Å². The van der Waals surface area contributed by atoms with E-state index in [-0.39, 0.29) is 23.7 Å². The van der Waals surface area contributed by atoms with Crippen LogP contribution in [0.5, 0.6) is 11.8 Å². The van der Waals surface area contributed by atoms with Crippen LogP contribution in [0.2, 0.25) is 0 Å². The maximum absolute atomic E-state index is 15.4. The molecule has 1 saturated heterocycles. The van der Waals surface area contributed by atoms with E-state index in [0.717, 1.165) is 42.0 Å². The Morgan fingerprint density at radius 2 is 1.96 bits per heavy atom. The lowest BCUT2D eigenvalue weighted by Crippen LogP contribution is -2.41. The van der Waals surface area contributed by atoms with Gasteiger partial charge in [-0.3, -0.25) is 4.98 Å². The standard InChI is InChI=1S/C34H33F2I2N6O2PS/c1-20-12-22-15-39-16-29(36)27(22)17-44(20)33-26-7-10-43(18-30(26)40-34(41-33)46-19-23-4-3-9-42(23)2)31-14-24(45)13-21-5-6-28(35)25(32(21)31)8-11-48-47(37)38/h5-6,13-16,20,23,45H,3-4,7,9-10,12,17-19H2,1-2H3/t20?,23-/m0/s1. The van der Waals surface area contributed by atoms with E-state index < -0.39 is 8.23 Å². The highest BCUT2D eigenvalue weighted by Gasteiger charge is 2.33. The van der Waals surface area contributed by atoms with Crippen molar-refractivity contribution >= 4 is 80.1 Å². The molecule has 14 heteroatoms. The van der Waals surface area contributed by atoms with Crippen LogP contribution in [0.3, 0.4) is 0 Å². The number of phenols is 1. The normalized spacial score (nSPS) is 19.3. The molecule has 0 spiro atoms. The SMILES string of the molecule is CC1Cc2cncc(F)c2CN1c1nc(OC[C@@H]2CCCN2C)nc2c1CCN(c1cc(O)cc3ccc(F)c(C#CSP(I)I)c13)C2. The van der Waals surface area contributed by atoms with Gasteiger partial charge >= 0.3 is 6.01 Å². The van der Waals surface area contributed by atoms with Crippen molar-refractivity contribution in [1.82, 2.24) is 19.9 Å². The molecule has 1 N–H and O–H groups in total. The number of fused-ring (bicyclic) bond motifs is 3. The predicted octanol–water partition coefficient (Wildman–Crippen LogP) is 8.13. The number of nitrogens with zero attached hydrogens (tertiary/aromatic N) is 6. The lowest BCUT2D eigenvalue weighted by atomic mass is 9.94. The third-order valence-corrected chi connectivity index (χ3v) is 14.1. The number of hydrogen-bond donors (Lipinski definition) is 1. The van der Waals surface area contributed by atoms with Gasteiger partial charge < -0.3 is 24.5 Å². The first-order valence-corrected chi connectivity index (χ1v) is 24.1. The molecule has 1 unspecified atom stereocenters. The Bertz CT molecular complexity index is 1950. The Morgan fingerprint density at radius 3 is 2.75 bits per heavy atom. The quantitative estimate of drug-likeness (QED) is 0.117. The maximum atomic E-state index is 15.4. The molecule has 4 aromatic rings. The van der Waals surface area contributed by atoms with Crippen LogP contribution in [-0.2, 0) is 25.9 Å². The van der Waals surface area contributed by atoms with Gasteiger partial charge in [-0.05, 0) is 130 Å². The number of likely N-dealkylation sites (tertiary alicyclic amines) is 1. The lowest BCUT2D eigenvalue weighted by molar-refractivity contribution is 0.187. The Kier molecular flexibility index (Phi) is 10.4. The van der Waals surface area contributed by atoms with Crippen LogP contribution in [-0.4, -0.2) is 63.8 Å². The second-order valence-corrected chi connectivity index (χ2v) is 30.1. The number of pyridine rings is 1. The second kappa shape index (κ2) is 14.5. The molecule has 2 aromatic heterocycles. The summed E-state index contributed by atoms with van der Waals surface area (Å²) in [4.78, 5) is 20.6. The van der Waals surface area contributed by atoms with E-state index in [1.807, 2.05) is 0 Å². The van der Waals surface area contributed by atoms with Crippen molar-refractivity contribution in [2.75, 3.05) is 36.5 Å². The molecule has 0 amide bonds. The molecule has 250 valence electrons. The first-order chi connectivity index (χ1) is 23.2. The summed E-state index contributed by atoms with van der Waals surface area (Å²) in [7, 11) is 2.11. The molecule has 5 heterocycles. The molecule has 2 atom stereocenters. The van der Waals surface area contributed by atoms with Gasteiger partial charge in [0.05, 0.1) is 26.4 Å². The number of aromatic hydroxyl groups is 1. The number of aromatic nitrogens is 3. The van der Waals surface area contributed by atoms with Crippen molar-refractivity contribution in [3.05, 3.63) is 76.2 Å². The van der Waals surface area contributed by atoms with Gasteiger partial charge in [0.25, 0.3) is 0 Å². The Balaban J connectivity index is 1.29. The smallest absolute Gasteiger partial charge is 0.318 e. The van der Waals surface area contributed by atoms with E-state index in [4.69, 9.17) is 14.7 Å². The van der Waals surface area contributed by atoms with E-state index in [1.165, 1.54) is 23.6 Å². The summed E-state index contributed by atoms with van der Waals surface area (Å²) in [6, 6.07) is 7.06. The fourth-order valence-electron chi connectivity index (χ4n) is 7.03. The molecule has 3 aliphatic rings. The van der Waals surface area contributed by atoms with Gasteiger partial charge in [-0.2, -0.15) is 9.97 Å². The molecule has 0 aliphatic carbocycles. The third kappa shape index (κ3) is 7.02. The van der Waals surface area contributed by atoms with Crippen LogP contribution in [0.25, 0.3) is 10.8 Å². The largest absolute Gasteiger partial charge is 0.508 e. The predicted molar refractivity (Wildman–Crippen MR) is 206 cm³/mol. The monoisotopic (exact) mass is 912 g/mol. The molecule has 0 bridgehead atoms. The number of hydrogen-bond acceptors (Lipinski definition) is 9. The molecule has 3 aliphatic heterocycles. The van der Waals surface area contributed by atoms with Crippen LogP contribution >= 0.6 is 57.9 Å². The third-order valence-electron chi connectivity index (χ3n) is 9.50. The molecule has 1 fully saturated rings. The molecule has 0 radical (unpaired) electrons. The van der Waals surface area contributed by atoms with Gasteiger partial charge in [0.15, 0.2) is 0 Å². The zero-order valence-corrected chi connectivity index (χ0v) is 32.4. The summed E-state index contributed by atoms with van der Waals surface area (Å²) >= 11 is 6.14. The van der Waals surface area contributed by atoms with Crippen molar-refractivity contribution in [1.29, 1.82) is 0 Å².